The fraction of sp³-hybridized carbons (Fsp3) is 0.462. The van der Waals surface area contributed by atoms with Crippen LogP contribution in [0.15, 0.2) is 22.7 Å². The van der Waals surface area contributed by atoms with Gasteiger partial charge in [0.25, 0.3) is 0 Å². The molecule has 0 bridgehead atoms. The van der Waals surface area contributed by atoms with Gasteiger partial charge in [-0.3, -0.25) is 4.79 Å². The molecule has 2 rings (SSSR count). The third-order valence-corrected chi connectivity index (χ3v) is 3.66. The van der Waals surface area contributed by atoms with Gasteiger partial charge in [-0.1, -0.05) is 22.0 Å². The van der Waals surface area contributed by atoms with Crippen LogP contribution in [0, 0.1) is 0 Å². The van der Waals surface area contributed by atoms with Crippen molar-refractivity contribution in [2.24, 2.45) is 5.73 Å². The summed E-state index contributed by atoms with van der Waals surface area (Å²) in [4.78, 5) is 13.9. The van der Waals surface area contributed by atoms with Crippen molar-refractivity contribution in [3.05, 3.63) is 28.2 Å². The minimum absolute atomic E-state index is 0.114. The third-order valence-electron chi connectivity index (χ3n) is 3.17. The van der Waals surface area contributed by atoms with Crippen molar-refractivity contribution in [3.8, 4) is 5.75 Å². The zero-order valence-corrected chi connectivity index (χ0v) is 11.9. The van der Waals surface area contributed by atoms with Crippen LogP contribution < -0.4 is 10.5 Å². The average Bonchev–Trinajstić information content (AvgIpc) is 2.78. The van der Waals surface area contributed by atoms with E-state index in [9.17, 15) is 4.79 Å². The Morgan fingerprint density at radius 3 is 3.00 bits per heavy atom. The highest BCUT2D eigenvalue weighted by Crippen LogP contribution is 2.24. The summed E-state index contributed by atoms with van der Waals surface area (Å²) in [6, 6.07) is 5.83. The molecule has 1 heterocycles. The highest BCUT2D eigenvalue weighted by Gasteiger charge is 2.24. The molecule has 0 aliphatic carbocycles. The van der Waals surface area contributed by atoms with E-state index in [1.807, 2.05) is 23.1 Å². The number of carbonyl (C=O) groups excluding carboxylic acids is 1. The number of likely N-dealkylation sites (tertiary alicyclic amines) is 1. The molecule has 0 saturated carbocycles. The number of hydrogen-bond donors (Lipinski definition) is 1. The van der Waals surface area contributed by atoms with Crippen LogP contribution in [0.25, 0.3) is 0 Å². The van der Waals surface area contributed by atoms with Gasteiger partial charge in [0.15, 0.2) is 0 Å². The largest absolute Gasteiger partial charge is 0.496 e. The van der Waals surface area contributed by atoms with Gasteiger partial charge >= 0.3 is 0 Å². The van der Waals surface area contributed by atoms with Crippen molar-refractivity contribution in [3.63, 3.8) is 0 Å². The fourth-order valence-corrected chi connectivity index (χ4v) is 2.49. The molecule has 2 N–H and O–H groups in total. The topological polar surface area (TPSA) is 55.6 Å². The van der Waals surface area contributed by atoms with E-state index in [0.29, 0.717) is 13.0 Å². The number of benzene rings is 1. The molecule has 1 unspecified atom stereocenters. The minimum atomic E-state index is 0.114. The Bertz CT molecular complexity index is 451. The number of methoxy groups -OCH3 is 1. The first-order chi connectivity index (χ1) is 8.60. The fourth-order valence-electron chi connectivity index (χ4n) is 2.15. The van der Waals surface area contributed by atoms with E-state index in [-0.39, 0.29) is 11.9 Å². The van der Waals surface area contributed by atoms with Gasteiger partial charge in [0.2, 0.25) is 5.91 Å². The van der Waals surface area contributed by atoms with E-state index in [4.69, 9.17) is 10.5 Å². The number of ether oxygens (including phenoxy) is 1. The molecule has 0 aromatic heterocycles. The van der Waals surface area contributed by atoms with Gasteiger partial charge < -0.3 is 15.4 Å². The first-order valence-electron chi connectivity index (χ1n) is 5.96. The Labute approximate surface area is 115 Å². The summed E-state index contributed by atoms with van der Waals surface area (Å²) in [7, 11) is 1.61. The number of halogens is 1. The maximum Gasteiger partial charge on any atom is 0.227 e. The highest BCUT2D eigenvalue weighted by atomic mass is 79.9. The molecule has 4 nitrogen and oxygen atoms in total. The summed E-state index contributed by atoms with van der Waals surface area (Å²) < 4.78 is 6.23. The Balaban J connectivity index is 2.07. The summed E-state index contributed by atoms with van der Waals surface area (Å²) >= 11 is 3.39. The number of hydrogen-bond acceptors (Lipinski definition) is 3. The van der Waals surface area contributed by atoms with Crippen LogP contribution in [0.4, 0.5) is 0 Å². The smallest absolute Gasteiger partial charge is 0.227 e. The molecular formula is C13H17BrN2O2. The molecule has 0 radical (unpaired) electrons. The van der Waals surface area contributed by atoms with Gasteiger partial charge in [-0.25, -0.2) is 0 Å². The van der Waals surface area contributed by atoms with E-state index in [2.05, 4.69) is 15.9 Å². The van der Waals surface area contributed by atoms with Crippen molar-refractivity contribution < 1.29 is 9.53 Å². The summed E-state index contributed by atoms with van der Waals surface area (Å²) in [5.41, 5.74) is 6.72. The lowest BCUT2D eigenvalue weighted by Gasteiger charge is -2.16. The summed E-state index contributed by atoms with van der Waals surface area (Å²) in [6.45, 7) is 1.43. The number of amides is 1. The van der Waals surface area contributed by atoms with Crippen molar-refractivity contribution in [1.82, 2.24) is 4.90 Å². The van der Waals surface area contributed by atoms with Gasteiger partial charge in [-0.05, 0) is 18.6 Å². The van der Waals surface area contributed by atoms with E-state index in [1.54, 1.807) is 7.11 Å². The second-order valence-corrected chi connectivity index (χ2v) is 5.44. The van der Waals surface area contributed by atoms with Gasteiger partial charge in [-0.2, -0.15) is 0 Å². The molecular weight excluding hydrogens is 296 g/mol. The molecule has 0 spiro atoms. The predicted octanol–water partition coefficient (Wildman–Crippen LogP) is 1.56. The van der Waals surface area contributed by atoms with Gasteiger partial charge in [0.1, 0.15) is 5.75 Å². The number of nitrogens with zero attached hydrogens (tertiary/aromatic N) is 1. The molecule has 1 fully saturated rings. The second kappa shape index (κ2) is 5.71. The molecule has 18 heavy (non-hydrogen) atoms. The molecule has 98 valence electrons. The Hall–Kier alpha value is -1.07. The zero-order valence-electron chi connectivity index (χ0n) is 10.4. The molecule has 1 saturated heterocycles. The zero-order chi connectivity index (χ0) is 13.1. The number of carbonyl (C=O) groups is 1. The van der Waals surface area contributed by atoms with E-state index < -0.39 is 0 Å². The van der Waals surface area contributed by atoms with Crippen LogP contribution in [0.3, 0.4) is 0 Å². The average molecular weight is 313 g/mol. The maximum atomic E-state index is 12.1. The number of rotatable bonds is 3. The monoisotopic (exact) mass is 312 g/mol. The van der Waals surface area contributed by atoms with Gasteiger partial charge in [0.05, 0.1) is 13.5 Å². The molecule has 1 aromatic carbocycles. The Morgan fingerprint density at radius 2 is 2.39 bits per heavy atom. The normalized spacial score (nSPS) is 19.1. The second-order valence-electron chi connectivity index (χ2n) is 4.52. The predicted molar refractivity (Wildman–Crippen MR) is 73.6 cm³/mol. The summed E-state index contributed by atoms with van der Waals surface area (Å²) in [6.07, 6.45) is 1.26. The Kier molecular flexibility index (Phi) is 4.24. The third kappa shape index (κ3) is 3.03. The maximum absolute atomic E-state index is 12.1. The first-order valence-corrected chi connectivity index (χ1v) is 6.75. The molecule has 1 aliphatic heterocycles. The van der Waals surface area contributed by atoms with E-state index in [1.165, 1.54) is 0 Å². The van der Waals surface area contributed by atoms with Crippen LogP contribution >= 0.6 is 15.9 Å². The van der Waals surface area contributed by atoms with Crippen molar-refractivity contribution in [1.29, 1.82) is 0 Å². The van der Waals surface area contributed by atoms with Crippen LogP contribution in [0.1, 0.15) is 12.0 Å². The highest BCUT2D eigenvalue weighted by molar-refractivity contribution is 9.10. The summed E-state index contributed by atoms with van der Waals surface area (Å²) in [5.74, 6) is 0.852. The van der Waals surface area contributed by atoms with Crippen molar-refractivity contribution in [2.45, 2.75) is 18.9 Å². The SMILES string of the molecule is COc1cc(Br)ccc1CC(=O)N1CCC(N)C1. The Morgan fingerprint density at radius 1 is 1.61 bits per heavy atom. The molecule has 1 aliphatic rings. The van der Waals surface area contributed by atoms with E-state index in [0.717, 1.165) is 28.8 Å². The van der Waals surface area contributed by atoms with E-state index >= 15 is 0 Å². The molecule has 1 aromatic rings. The standard InChI is InChI=1S/C13H17BrN2O2/c1-18-12-7-10(14)3-2-9(12)6-13(17)16-5-4-11(15)8-16/h2-3,7,11H,4-6,8,15H2,1H3. The van der Waals surface area contributed by atoms with Crippen molar-refractivity contribution >= 4 is 21.8 Å². The molecule has 1 atom stereocenters. The molecule has 5 heteroatoms. The quantitative estimate of drug-likeness (QED) is 0.921. The first kappa shape index (κ1) is 13.4. The lowest BCUT2D eigenvalue weighted by molar-refractivity contribution is -0.129. The van der Waals surface area contributed by atoms with Crippen LogP contribution in [-0.2, 0) is 11.2 Å². The van der Waals surface area contributed by atoms with Gasteiger partial charge in [0, 0.05) is 29.2 Å². The van der Waals surface area contributed by atoms with Crippen LogP contribution in [0.2, 0.25) is 0 Å². The molecule has 1 amide bonds. The van der Waals surface area contributed by atoms with Crippen molar-refractivity contribution in [2.75, 3.05) is 20.2 Å². The van der Waals surface area contributed by atoms with Crippen LogP contribution in [-0.4, -0.2) is 37.0 Å². The number of nitrogens with two attached hydrogens (primary N) is 1. The lowest BCUT2D eigenvalue weighted by Crippen LogP contribution is -2.33. The lowest BCUT2D eigenvalue weighted by atomic mass is 10.1. The summed E-state index contributed by atoms with van der Waals surface area (Å²) in [5, 5.41) is 0. The van der Waals surface area contributed by atoms with Gasteiger partial charge in [-0.15, -0.1) is 0 Å². The van der Waals surface area contributed by atoms with Crippen LogP contribution in [0.5, 0.6) is 5.75 Å². The minimum Gasteiger partial charge on any atom is -0.496 e.